The van der Waals surface area contributed by atoms with Gasteiger partial charge in [0.05, 0.1) is 30.6 Å². The summed E-state index contributed by atoms with van der Waals surface area (Å²) in [5, 5.41) is 9.47. The summed E-state index contributed by atoms with van der Waals surface area (Å²) in [7, 11) is 1.62. The zero-order valence-corrected chi connectivity index (χ0v) is 17.9. The third-order valence-corrected chi connectivity index (χ3v) is 5.38. The van der Waals surface area contributed by atoms with Gasteiger partial charge in [0.2, 0.25) is 0 Å². The van der Waals surface area contributed by atoms with Crippen LogP contribution in [0.2, 0.25) is 0 Å². The van der Waals surface area contributed by atoms with Gasteiger partial charge in [-0.05, 0) is 43.7 Å². The van der Waals surface area contributed by atoms with Crippen molar-refractivity contribution in [2.45, 2.75) is 20.5 Å². The highest BCUT2D eigenvalue weighted by Crippen LogP contribution is 2.29. The summed E-state index contributed by atoms with van der Waals surface area (Å²) in [4.78, 5) is 19.0. The Hall–Kier alpha value is -4.27. The van der Waals surface area contributed by atoms with E-state index in [9.17, 15) is 0 Å². The molecule has 0 aliphatic heterocycles. The van der Waals surface area contributed by atoms with Crippen LogP contribution in [0, 0.1) is 13.8 Å². The Labute approximate surface area is 184 Å². The number of ether oxygens (including phenoxy) is 1. The molecule has 4 aromatic heterocycles. The summed E-state index contributed by atoms with van der Waals surface area (Å²) >= 11 is 0. The molecule has 160 valence electrons. The van der Waals surface area contributed by atoms with E-state index in [-0.39, 0.29) is 6.61 Å². The van der Waals surface area contributed by atoms with Crippen molar-refractivity contribution < 1.29 is 9.57 Å². The molecule has 1 aromatic carbocycles. The molecule has 0 spiro atoms. The first-order valence-electron chi connectivity index (χ1n) is 10.1. The molecule has 0 bridgehead atoms. The summed E-state index contributed by atoms with van der Waals surface area (Å²) in [6, 6.07) is 11.5. The lowest BCUT2D eigenvalue weighted by Crippen LogP contribution is -1.99. The van der Waals surface area contributed by atoms with Crippen LogP contribution < -0.4 is 4.74 Å². The number of hydrogen-bond donors (Lipinski definition) is 0. The van der Waals surface area contributed by atoms with E-state index in [1.807, 2.05) is 42.6 Å². The van der Waals surface area contributed by atoms with Gasteiger partial charge in [-0.3, -0.25) is 9.55 Å². The van der Waals surface area contributed by atoms with Crippen LogP contribution in [0.3, 0.4) is 0 Å². The van der Waals surface area contributed by atoms with Gasteiger partial charge in [-0.25, -0.2) is 14.5 Å². The maximum Gasteiger partial charge on any atom is 0.192 e. The number of benzene rings is 1. The van der Waals surface area contributed by atoms with Crippen molar-refractivity contribution in [1.82, 2.24) is 29.1 Å². The number of aryl methyl sites for hydroxylation is 1. The number of oxime groups is 1. The quantitative estimate of drug-likeness (QED) is 0.303. The van der Waals surface area contributed by atoms with Gasteiger partial charge in [0.15, 0.2) is 23.7 Å². The second-order valence-corrected chi connectivity index (χ2v) is 7.25. The minimum absolute atomic E-state index is 0.135. The van der Waals surface area contributed by atoms with E-state index in [0.29, 0.717) is 5.82 Å². The lowest BCUT2D eigenvalue weighted by atomic mass is 10.2. The Balaban J connectivity index is 1.45. The average molecular weight is 427 g/mol. The van der Waals surface area contributed by atoms with Crippen LogP contribution in [0.25, 0.3) is 22.4 Å². The number of methoxy groups -OCH3 is 1. The van der Waals surface area contributed by atoms with Gasteiger partial charge in [0.25, 0.3) is 0 Å². The number of aromatic nitrogens is 6. The molecular formula is C23H21N7O2. The molecule has 0 fully saturated rings. The smallest absolute Gasteiger partial charge is 0.192 e. The van der Waals surface area contributed by atoms with Crippen LogP contribution in [-0.2, 0) is 11.4 Å². The van der Waals surface area contributed by atoms with E-state index in [1.165, 1.54) is 0 Å². The highest BCUT2D eigenvalue weighted by molar-refractivity contribution is 5.94. The molecule has 0 unspecified atom stereocenters. The van der Waals surface area contributed by atoms with E-state index < -0.39 is 0 Å². The van der Waals surface area contributed by atoms with Crippen molar-refractivity contribution in [1.29, 1.82) is 0 Å². The third-order valence-electron chi connectivity index (χ3n) is 5.38. The zero-order valence-electron chi connectivity index (χ0n) is 17.9. The van der Waals surface area contributed by atoms with Gasteiger partial charge < -0.3 is 9.57 Å². The maximum absolute atomic E-state index is 5.43. The molecule has 0 amide bonds. The van der Waals surface area contributed by atoms with E-state index >= 15 is 0 Å². The van der Waals surface area contributed by atoms with Crippen LogP contribution in [-0.4, -0.2) is 42.5 Å². The lowest BCUT2D eigenvalue weighted by molar-refractivity contribution is 0.126. The molecule has 0 aliphatic carbocycles. The van der Waals surface area contributed by atoms with Crippen molar-refractivity contribution in [2.24, 2.45) is 5.16 Å². The van der Waals surface area contributed by atoms with Gasteiger partial charge >= 0.3 is 0 Å². The summed E-state index contributed by atoms with van der Waals surface area (Å²) in [6.07, 6.45) is 6.85. The molecule has 0 radical (unpaired) electrons. The molecule has 0 atom stereocenters. The van der Waals surface area contributed by atoms with Gasteiger partial charge in [0.1, 0.15) is 12.1 Å². The molecule has 9 nitrogen and oxygen atoms in total. The van der Waals surface area contributed by atoms with Crippen LogP contribution in [0.15, 0.2) is 60.3 Å². The van der Waals surface area contributed by atoms with Crippen molar-refractivity contribution in [3.63, 3.8) is 0 Å². The van der Waals surface area contributed by atoms with E-state index in [2.05, 4.69) is 43.6 Å². The predicted molar refractivity (Wildman–Crippen MR) is 120 cm³/mol. The fourth-order valence-corrected chi connectivity index (χ4v) is 3.73. The number of rotatable bonds is 6. The second-order valence-electron chi connectivity index (χ2n) is 7.25. The topological polar surface area (TPSA) is 91.7 Å². The maximum atomic E-state index is 5.43. The van der Waals surface area contributed by atoms with Crippen molar-refractivity contribution in [3.05, 3.63) is 77.8 Å². The van der Waals surface area contributed by atoms with Crippen LogP contribution in [0.5, 0.6) is 5.75 Å². The van der Waals surface area contributed by atoms with Crippen LogP contribution in [0.1, 0.15) is 22.6 Å². The molecule has 0 saturated heterocycles. The fourth-order valence-electron chi connectivity index (χ4n) is 3.73. The Bertz CT molecular complexity index is 1440. The van der Waals surface area contributed by atoms with Gasteiger partial charge in [0, 0.05) is 17.5 Å². The molecule has 4 heterocycles. The average Bonchev–Trinajstić information content (AvgIpc) is 3.35. The summed E-state index contributed by atoms with van der Waals surface area (Å²) in [5.74, 6) is 1.24. The standard InChI is InChI=1S/C23H21N7O2/c1-15-16(2)30(18-8-6-10-24-12-18)22-21(15)23-27-20(28-29(23)14-25-22)13-32-26-11-17-7-4-5-9-19(17)31-3/h4-12,14H,13H2,1-3H3/b26-11+. The van der Waals surface area contributed by atoms with E-state index in [1.54, 1.807) is 30.4 Å². The Kier molecular flexibility index (Phi) is 4.98. The molecular weight excluding hydrogens is 406 g/mol. The van der Waals surface area contributed by atoms with Crippen molar-refractivity contribution in [3.8, 4) is 11.4 Å². The highest BCUT2D eigenvalue weighted by atomic mass is 16.6. The van der Waals surface area contributed by atoms with Crippen LogP contribution in [0.4, 0.5) is 0 Å². The second kappa shape index (κ2) is 8.10. The number of fused-ring (bicyclic) bond motifs is 3. The lowest BCUT2D eigenvalue weighted by Gasteiger charge is -2.06. The van der Waals surface area contributed by atoms with Crippen molar-refractivity contribution in [2.75, 3.05) is 7.11 Å². The first kappa shape index (κ1) is 19.7. The van der Waals surface area contributed by atoms with Crippen molar-refractivity contribution >= 4 is 22.9 Å². The molecule has 9 heteroatoms. The number of para-hydroxylation sites is 1. The Morgan fingerprint density at radius 1 is 1.09 bits per heavy atom. The Morgan fingerprint density at radius 2 is 1.97 bits per heavy atom. The fraction of sp³-hybridized carbons (Fsp3) is 0.174. The third kappa shape index (κ3) is 3.33. The SMILES string of the molecule is COc1ccccc1/C=N/OCc1nc2c3c(C)c(C)n(-c4cccnc4)c3ncn2n1. The molecule has 5 aromatic rings. The summed E-state index contributed by atoms with van der Waals surface area (Å²) in [5.41, 5.74) is 5.49. The largest absolute Gasteiger partial charge is 0.496 e. The first-order valence-corrected chi connectivity index (χ1v) is 10.1. The van der Waals surface area contributed by atoms with Crippen LogP contribution >= 0.6 is 0 Å². The number of hydrogen-bond acceptors (Lipinski definition) is 7. The molecule has 0 aliphatic rings. The molecule has 32 heavy (non-hydrogen) atoms. The summed E-state index contributed by atoms with van der Waals surface area (Å²) < 4.78 is 9.06. The normalized spacial score (nSPS) is 11.6. The van der Waals surface area contributed by atoms with Gasteiger partial charge in [-0.15, -0.1) is 5.10 Å². The highest BCUT2D eigenvalue weighted by Gasteiger charge is 2.19. The zero-order chi connectivity index (χ0) is 22.1. The molecule has 5 rings (SSSR count). The van der Waals surface area contributed by atoms with E-state index in [4.69, 9.17) is 9.57 Å². The van der Waals surface area contributed by atoms with Gasteiger partial charge in [-0.2, -0.15) is 0 Å². The minimum atomic E-state index is 0.135. The minimum Gasteiger partial charge on any atom is -0.496 e. The predicted octanol–water partition coefficient (Wildman–Crippen LogP) is 3.64. The van der Waals surface area contributed by atoms with E-state index in [0.717, 1.165) is 44.9 Å². The summed E-state index contributed by atoms with van der Waals surface area (Å²) in [6.45, 7) is 4.26. The number of pyridine rings is 1. The number of nitrogens with zero attached hydrogens (tertiary/aromatic N) is 7. The van der Waals surface area contributed by atoms with Gasteiger partial charge in [-0.1, -0.05) is 17.3 Å². The first-order chi connectivity index (χ1) is 15.7. The Morgan fingerprint density at radius 3 is 2.78 bits per heavy atom. The molecule has 0 saturated carbocycles. The monoisotopic (exact) mass is 427 g/mol. The molecule has 0 N–H and O–H groups in total.